The molecule has 3 rings (SSSR count). The highest BCUT2D eigenvalue weighted by molar-refractivity contribution is 5.71. The quantitative estimate of drug-likeness (QED) is 0.710. The minimum atomic E-state index is 0.836. The molecular weight excluding hydrogens is 184 g/mol. The van der Waals surface area contributed by atoms with Gasteiger partial charge in [-0.1, -0.05) is 18.2 Å². The summed E-state index contributed by atoms with van der Waals surface area (Å²) in [6, 6.07) is 8.49. The molecule has 1 aromatic carbocycles. The Morgan fingerprint density at radius 3 is 2.47 bits per heavy atom. The lowest BCUT2D eigenvalue weighted by molar-refractivity contribution is 0.415. The molecule has 0 aromatic heterocycles. The lowest BCUT2D eigenvalue weighted by atomic mass is 9.92. The fraction of sp³-hybridized carbons (Fsp3) is 0.429. The third-order valence-electron chi connectivity index (χ3n) is 3.75. The molecule has 0 heterocycles. The summed E-state index contributed by atoms with van der Waals surface area (Å²) in [5.74, 6) is 2.65. The average molecular weight is 200 g/mol. The molecule has 2 atom stereocenters. The van der Waals surface area contributed by atoms with E-state index in [-0.39, 0.29) is 0 Å². The molecule has 0 unspecified atom stereocenters. The first-order valence-corrected chi connectivity index (χ1v) is 5.73. The van der Waals surface area contributed by atoms with Gasteiger partial charge in [-0.2, -0.15) is 0 Å². The monoisotopic (exact) mass is 200 g/mol. The van der Waals surface area contributed by atoms with Crippen LogP contribution in [-0.4, -0.2) is 7.11 Å². The number of allylic oxidation sites excluding steroid dienone is 2. The first kappa shape index (κ1) is 9.02. The molecule has 0 saturated heterocycles. The Morgan fingerprint density at radius 2 is 1.93 bits per heavy atom. The van der Waals surface area contributed by atoms with E-state index in [0.29, 0.717) is 0 Å². The number of benzene rings is 1. The third-order valence-corrected chi connectivity index (χ3v) is 3.75. The Balaban J connectivity index is 1.90. The maximum Gasteiger partial charge on any atom is 0.118 e. The summed E-state index contributed by atoms with van der Waals surface area (Å²) in [6.07, 6.45) is 6.67. The highest BCUT2D eigenvalue weighted by Gasteiger charge is 2.32. The molecule has 1 nitrogen and oxygen atoms in total. The van der Waals surface area contributed by atoms with E-state index in [1.165, 1.54) is 24.8 Å². The topological polar surface area (TPSA) is 9.23 Å². The maximum atomic E-state index is 5.17. The Morgan fingerprint density at radius 1 is 1.13 bits per heavy atom. The molecule has 0 amide bonds. The molecule has 1 saturated carbocycles. The fourth-order valence-corrected chi connectivity index (χ4v) is 2.96. The predicted molar refractivity (Wildman–Crippen MR) is 61.8 cm³/mol. The van der Waals surface area contributed by atoms with Crippen molar-refractivity contribution in [3.8, 4) is 5.75 Å². The summed E-state index contributed by atoms with van der Waals surface area (Å²) in [6.45, 7) is 0. The van der Waals surface area contributed by atoms with E-state index in [1.54, 1.807) is 12.7 Å². The number of hydrogen-bond acceptors (Lipinski definition) is 1. The van der Waals surface area contributed by atoms with Crippen molar-refractivity contribution in [3.63, 3.8) is 0 Å². The van der Waals surface area contributed by atoms with Gasteiger partial charge in [0, 0.05) is 0 Å². The van der Waals surface area contributed by atoms with Crippen molar-refractivity contribution in [2.45, 2.75) is 19.3 Å². The van der Waals surface area contributed by atoms with Crippen LogP contribution in [0.5, 0.6) is 5.75 Å². The van der Waals surface area contributed by atoms with E-state index in [9.17, 15) is 0 Å². The Hall–Kier alpha value is -1.24. The van der Waals surface area contributed by atoms with Gasteiger partial charge in [0.05, 0.1) is 7.11 Å². The minimum Gasteiger partial charge on any atom is -0.497 e. The van der Waals surface area contributed by atoms with Gasteiger partial charge in [0.1, 0.15) is 5.75 Å². The van der Waals surface area contributed by atoms with Crippen molar-refractivity contribution in [2.75, 3.05) is 7.11 Å². The first-order chi connectivity index (χ1) is 7.36. The molecule has 1 aromatic rings. The van der Waals surface area contributed by atoms with Crippen molar-refractivity contribution in [1.82, 2.24) is 0 Å². The molecule has 0 spiro atoms. The van der Waals surface area contributed by atoms with E-state index < -0.39 is 0 Å². The Bertz CT molecular complexity index is 388. The SMILES string of the molecule is COc1ccc(C2=C[C@H]3CC[C@@H]2C3)cc1. The van der Waals surface area contributed by atoms with Gasteiger partial charge in [-0.25, -0.2) is 0 Å². The number of hydrogen-bond donors (Lipinski definition) is 0. The smallest absolute Gasteiger partial charge is 0.118 e. The Labute approximate surface area is 90.8 Å². The summed E-state index contributed by atoms with van der Waals surface area (Å²) >= 11 is 0. The van der Waals surface area contributed by atoms with E-state index in [2.05, 4.69) is 30.3 Å². The van der Waals surface area contributed by atoms with Crippen LogP contribution >= 0.6 is 0 Å². The number of methoxy groups -OCH3 is 1. The highest BCUT2D eigenvalue weighted by Crippen LogP contribution is 2.47. The van der Waals surface area contributed by atoms with Crippen LogP contribution in [0.2, 0.25) is 0 Å². The third kappa shape index (κ3) is 1.46. The molecule has 78 valence electrons. The van der Waals surface area contributed by atoms with E-state index in [0.717, 1.165) is 17.6 Å². The van der Waals surface area contributed by atoms with E-state index in [1.807, 2.05) is 0 Å². The first-order valence-electron chi connectivity index (χ1n) is 5.73. The average Bonchev–Trinajstić information content (AvgIpc) is 2.91. The fourth-order valence-electron chi connectivity index (χ4n) is 2.96. The van der Waals surface area contributed by atoms with Crippen LogP contribution in [0.1, 0.15) is 24.8 Å². The summed E-state index contributed by atoms with van der Waals surface area (Å²) in [5.41, 5.74) is 2.97. The zero-order valence-electron chi connectivity index (χ0n) is 9.07. The molecule has 2 aliphatic rings. The molecule has 0 aliphatic heterocycles. The lowest BCUT2D eigenvalue weighted by Gasteiger charge is -2.13. The maximum absolute atomic E-state index is 5.17. The largest absolute Gasteiger partial charge is 0.497 e. The standard InChI is InChI=1S/C14H16O/c1-15-13-6-4-11(5-7-13)14-9-10-2-3-12(14)8-10/h4-7,9-10,12H,2-3,8H2,1H3/t10-,12+/m0/s1. The van der Waals surface area contributed by atoms with Crippen molar-refractivity contribution in [2.24, 2.45) is 11.8 Å². The summed E-state index contributed by atoms with van der Waals surface area (Å²) < 4.78 is 5.17. The van der Waals surface area contributed by atoms with Crippen LogP contribution in [0.25, 0.3) is 5.57 Å². The molecule has 1 heteroatoms. The second-order valence-corrected chi connectivity index (χ2v) is 4.62. The number of ether oxygens (including phenoxy) is 1. The highest BCUT2D eigenvalue weighted by atomic mass is 16.5. The van der Waals surface area contributed by atoms with Gasteiger partial charge in [0.2, 0.25) is 0 Å². The van der Waals surface area contributed by atoms with Crippen LogP contribution < -0.4 is 4.74 Å². The van der Waals surface area contributed by atoms with Crippen molar-refractivity contribution in [1.29, 1.82) is 0 Å². The van der Waals surface area contributed by atoms with Gasteiger partial charge < -0.3 is 4.74 Å². The molecule has 2 bridgehead atoms. The zero-order valence-corrected chi connectivity index (χ0v) is 9.07. The van der Waals surface area contributed by atoms with Crippen LogP contribution in [0, 0.1) is 11.8 Å². The van der Waals surface area contributed by atoms with E-state index in [4.69, 9.17) is 4.74 Å². The predicted octanol–water partition coefficient (Wildman–Crippen LogP) is 3.51. The summed E-state index contributed by atoms with van der Waals surface area (Å²) in [4.78, 5) is 0. The van der Waals surface area contributed by atoms with Crippen LogP contribution in [0.15, 0.2) is 30.3 Å². The number of fused-ring (bicyclic) bond motifs is 2. The summed E-state index contributed by atoms with van der Waals surface area (Å²) in [7, 11) is 1.71. The normalized spacial score (nSPS) is 27.9. The van der Waals surface area contributed by atoms with Crippen molar-refractivity contribution in [3.05, 3.63) is 35.9 Å². The van der Waals surface area contributed by atoms with Gasteiger partial charge in [-0.3, -0.25) is 0 Å². The molecule has 1 fully saturated rings. The van der Waals surface area contributed by atoms with Crippen molar-refractivity contribution >= 4 is 5.57 Å². The molecule has 0 N–H and O–H groups in total. The lowest BCUT2D eigenvalue weighted by Crippen LogP contribution is -1.96. The van der Waals surface area contributed by atoms with Gasteiger partial charge in [-0.05, 0) is 54.4 Å². The molecule has 2 aliphatic carbocycles. The van der Waals surface area contributed by atoms with Crippen LogP contribution in [0.4, 0.5) is 0 Å². The molecule has 15 heavy (non-hydrogen) atoms. The van der Waals surface area contributed by atoms with Gasteiger partial charge in [-0.15, -0.1) is 0 Å². The zero-order chi connectivity index (χ0) is 10.3. The van der Waals surface area contributed by atoms with Gasteiger partial charge >= 0.3 is 0 Å². The van der Waals surface area contributed by atoms with Crippen molar-refractivity contribution < 1.29 is 4.74 Å². The minimum absolute atomic E-state index is 0.836. The second kappa shape index (κ2) is 3.41. The van der Waals surface area contributed by atoms with E-state index >= 15 is 0 Å². The molecule has 0 radical (unpaired) electrons. The summed E-state index contributed by atoms with van der Waals surface area (Å²) in [5, 5.41) is 0. The van der Waals surface area contributed by atoms with Gasteiger partial charge in [0.15, 0.2) is 0 Å². The van der Waals surface area contributed by atoms with Gasteiger partial charge in [0.25, 0.3) is 0 Å². The number of rotatable bonds is 2. The van der Waals surface area contributed by atoms with Crippen LogP contribution in [-0.2, 0) is 0 Å². The Kier molecular flexibility index (Phi) is 2.05. The van der Waals surface area contributed by atoms with Crippen LogP contribution in [0.3, 0.4) is 0 Å². The molecular formula is C14H16O. The second-order valence-electron chi connectivity index (χ2n) is 4.62.